The fourth-order valence-electron chi connectivity index (χ4n) is 3.64. The van der Waals surface area contributed by atoms with Gasteiger partial charge in [-0.2, -0.15) is 0 Å². The lowest BCUT2D eigenvalue weighted by Crippen LogP contribution is -2.44. The molecule has 2 fully saturated rings. The minimum absolute atomic E-state index is 0.0473. The van der Waals surface area contributed by atoms with Crippen LogP contribution in [0.1, 0.15) is 46.0 Å². The Balaban J connectivity index is 1.61. The first-order chi connectivity index (χ1) is 12.1. The van der Waals surface area contributed by atoms with Gasteiger partial charge in [-0.25, -0.2) is 4.98 Å². The number of nitrogens with one attached hydrogen (secondary N) is 1. The van der Waals surface area contributed by atoms with E-state index in [0.717, 1.165) is 31.6 Å². The van der Waals surface area contributed by atoms with Crippen LogP contribution in [0.3, 0.4) is 0 Å². The maximum Gasteiger partial charge on any atom is 0.248 e. The summed E-state index contributed by atoms with van der Waals surface area (Å²) in [5.41, 5.74) is 1.11. The lowest BCUT2D eigenvalue weighted by Gasteiger charge is -2.28. The Bertz CT molecular complexity index is 608. The second-order valence-corrected chi connectivity index (χ2v) is 7.28. The molecule has 2 aliphatic heterocycles. The van der Waals surface area contributed by atoms with Gasteiger partial charge in [-0.15, -0.1) is 0 Å². The van der Waals surface area contributed by atoms with Crippen LogP contribution in [0.4, 0.5) is 11.5 Å². The molecule has 25 heavy (non-hydrogen) atoms. The van der Waals surface area contributed by atoms with Crippen LogP contribution in [0.15, 0.2) is 18.3 Å². The summed E-state index contributed by atoms with van der Waals surface area (Å²) in [7, 11) is 0. The molecule has 0 bridgehead atoms. The van der Waals surface area contributed by atoms with Crippen LogP contribution in [-0.4, -0.2) is 47.4 Å². The second-order valence-electron chi connectivity index (χ2n) is 7.28. The summed E-state index contributed by atoms with van der Waals surface area (Å²) in [6.07, 6.45) is 7.16. The minimum atomic E-state index is -0.376. The van der Waals surface area contributed by atoms with Crippen LogP contribution in [0.25, 0.3) is 0 Å². The Morgan fingerprint density at radius 1 is 1.12 bits per heavy atom. The number of aromatic nitrogens is 1. The van der Waals surface area contributed by atoms with Crippen molar-refractivity contribution in [3.63, 3.8) is 0 Å². The lowest BCUT2D eigenvalue weighted by atomic mass is 10.1. The SMILES string of the molecule is CC(C)C(=O)N1CCC[C@@H]1C(=O)Nc1ccc(N2CCCCC2)cn1. The predicted octanol–water partition coefficient (Wildman–Crippen LogP) is 2.66. The second kappa shape index (κ2) is 7.85. The fourth-order valence-corrected chi connectivity index (χ4v) is 3.64. The number of piperidine rings is 1. The summed E-state index contributed by atoms with van der Waals surface area (Å²) in [6, 6.07) is 3.49. The predicted molar refractivity (Wildman–Crippen MR) is 98.5 cm³/mol. The normalized spacial score (nSPS) is 20.8. The maximum atomic E-state index is 12.6. The van der Waals surface area contributed by atoms with Crippen LogP contribution >= 0.6 is 0 Å². The van der Waals surface area contributed by atoms with E-state index in [1.807, 2.05) is 32.2 Å². The van der Waals surface area contributed by atoms with E-state index in [1.165, 1.54) is 19.3 Å². The molecule has 6 heteroatoms. The number of nitrogens with zero attached hydrogens (tertiary/aromatic N) is 3. The van der Waals surface area contributed by atoms with E-state index in [-0.39, 0.29) is 23.8 Å². The first-order valence-corrected chi connectivity index (χ1v) is 9.38. The number of hydrogen-bond donors (Lipinski definition) is 1. The van der Waals surface area contributed by atoms with Crippen molar-refractivity contribution in [3.8, 4) is 0 Å². The van der Waals surface area contributed by atoms with E-state index >= 15 is 0 Å². The van der Waals surface area contributed by atoms with Gasteiger partial charge in [-0.05, 0) is 44.2 Å². The number of likely N-dealkylation sites (tertiary alicyclic amines) is 1. The van der Waals surface area contributed by atoms with Gasteiger partial charge in [0.25, 0.3) is 0 Å². The van der Waals surface area contributed by atoms with E-state index in [9.17, 15) is 9.59 Å². The molecule has 6 nitrogen and oxygen atoms in total. The van der Waals surface area contributed by atoms with Gasteiger partial charge < -0.3 is 15.1 Å². The van der Waals surface area contributed by atoms with Gasteiger partial charge in [0.2, 0.25) is 11.8 Å². The van der Waals surface area contributed by atoms with E-state index in [2.05, 4.69) is 15.2 Å². The van der Waals surface area contributed by atoms with Crippen molar-refractivity contribution < 1.29 is 9.59 Å². The zero-order valence-corrected chi connectivity index (χ0v) is 15.2. The van der Waals surface area contributed by atoms with Gasteiger partial charge in [0.05, 0.1) is 11.9 Å². The third kappa shape index (κ3) is 4.11. The molecule has 0 aromatic carbocycles. The molecule has 3 rings (SSSR count). The molecule has 2 saturated heterocycles. The lowest BCUT2D eigenvalue weighted by molar-refractivity contribution is -0.139. The Hall–Kier alpha value is -2.11. The molecule has 1 aromatic rings. The van der Waals surface area contributed by atoms with Gasteiger partial charge in [-0.1, -0.05) is 13.8 Å². The Morgan fingerprint density at radius 3 is 2.52 bits per heavy atom. The largest absolute Gasteiger partial charge is 0.370 e. The van der Waals surface area contributed by atoms with E-state index in [1.54, 1.807) is 4.90 Å². The number of carbonyl (C=O) groups is 2. The summed E-state index contributed by atoms with van der Waals surface area (Å²) in [5.74, 6) is 0.376. The smallest absolute Gasteiger partial charge is 0.248 e. The monoisotopic (exact) mass is 344 g/mol. The number of hydrogen-bond acceptors (Lipinski definition) is 4. The summed E-state index contributed by atoms with van der Waals surface area (Å²) >= 11 is 0. The molecule has 0 unspecified atom stereocenters. The summed E-state index contributed by atoms with van der Waals surface area (Å²) in [4.78, 5) is 33.3. The Kier molecular flexibility index (Phi) is 5.56. The molecule has 1 aromatic heterocycles. The van der Waals surface area contributed by atoms with Gasteiger partial charge >= 0.3 is 0 Å². The molecule has 0 radical (unpaired) electrons. The molecular formula is C19H28N4O2. The van der Waals surface area contributed by atoms with Crippen LogP contribution in [0, 0.1) is 5.92 Å². The Labute approximate surface area is 149 Å². The van der Waals surface area contributed by atoms with Crippen molar-refractivity contribution in [2.45, 2.75) is 52.0 Å². The van der Waals surface area contributed by atoms with Crippen LogP contribution in [0.2, 0.25) is 0 Å². The highest BCUT2D eigenvalue weighted by Gasteiger charge is 2.35. The van der Waals surface area contributed by atoms with Crippen molar-refractivity contribution in [2.24, 2.45) is 5.92 Å². The van der Waals surface area contributed by atoms with Crippen LogP contribution < -0.4 is 10.2 Å². The number of rotatable bonds is 4. The maximum absolute atomic E-state index is 12.6. The minimum Gasteiger partial charge on any atom is -0.370 e. The van der Waals surface area contributed by atoms with Crippen molar-refractivity contribution in [3.05, 3.63) is 18.3 Å². The van der Waals surface area contributed by atoms with Crippen molar-refractivity contribution >= 4 is 23.3 Å². The highest BCUT2D eigenvalue weighted by molar-refractivity contribution is 5.97. The fraction of sp³-hybridized carbons (Fsp3) is 0.632. The van der Waals surface area contributed by atoms with Gasteiger partial charge in [0, 0.05) is 25.6 Å². The van der Waals surface area contributed by atoms with Crippen molar-refractivity contribution in [1.82, 2.24) is 9.88 Å². The summed E-state index contributed by atoms with van der Waals surface area (Å²) in [5, 5.41) is 2.88. The number of pyridine rings is 1. The topological polar surface area (TPSA) is 65.5 Å². The molecule has 136 valence electrons. The highest BCUT2D eigenvalue weighted by atomic mass is 16.2. The Morgan fingerprint density at radius 2 is 1.88 bits per heavy atom. The third-order valence-corrected chi connectivity index (χ3v) is 5.05. The molecule has 1 N–H and O–H groups in total. The molecule has 1 atom stereocenters. The van der Waals surface area contributed by atoms with Gasteiger partial charge in [0.1, 0.15) is 11.9 Å². The first-order valence-electron chi connectivity index (χ1n) is 9.38. The summed E-state index contributed by atoms with van der Waals surface area (Å²) < 4.78 is 0. The van der Waals surface area contributed by atoms with E-state index < -0.39 is 0 Å². The first kappa shape index (κ1) is 17.7. The molecule has 0 spiro atoms. The van der Waals surface area contributed by atoms with Crippen LogP contribution in [-0.2, 0) is 9.59 Å². The average molecular weight is 344 g/mol. The molecule has 2 aliphatic rings. The highest BCUT2D eigenvalue weighted by Crippen LogP contribution is 2.23. The molecule has 0 aliphatic carbocycles. The zero-order chi connectivity index (χ0) is 17.8. The molecule has 0 saturated carbocycles. The van der Waals surface area contributed by atoms with Crippen LogP contribution in [0.5, 0.6) is 0 Å². The number of carbonyl (C=O) groups excluding carboxylic acids is 2. The molecule has 3 heterocycles. The van der Waals surface area contributed by atoms with Gasteiger partial charge in [0.15, 0.2) is 0 Å². The zero-order valence-electron chi connectivity index (χ0n) is 15.2. The average Bonchev–Trinajstić information content (AvgIpc) is 3.12. The quantitative estimate of drug-likeness (QED) is 0.912. The van der Waals surface area contributed by atoms with E-state index in [0.29, 0.717) is 12.4 Å². The molecule has 2 amide bonds. The van der Waals surface area contributed by atoms with Crippen molar-refractivity contribution in [2.75, 3.05) is 29.9 Å². The third-order valence-electron chi connectivity index (χ3n) is 5.05. The van der Waals surface area contributed by atoms with Gasteiger partial charge in [-0.3, -0.25) is 9.59 Å². The number of amides is 2. The molecular weight excluding hydrogens is 316 g/mol. The standard InChI is InChI=1S/C19H28N4O2/c1-14(2)19(25)23-12-6-7-16(23)18(24)21-17-9-8-15(13-20-17)22-10-4-3-5-11-22/h8-9,13-14,16H,3-7,10-12H2,1-2H3,(H,20,21,24)/t16-/m1/s1. The number of anilines is 2. The van der Waals surface area contributed by atoms with Crippen molar-refractivity contribution in [1.29, 1.82) is 0 Å². The summed E-state index contributed by atoms with van der Waals surface area (Å²) in [6.45, 7) is 6.55. The van der Waals surface area contributed by atoms with E-state index in [4.69, 9.17) is 0 Å².